The van der Waals surface area contributed by atoms with Crippen molar-refractivity contribution in [1.29, 1.82) is 0 Å². The normalized spacial score (nSPS) is 11.4. The second-order valence-corrected chi connectivity index (χ2v) is 5.84. The van der Waals surface area contributed by atoms with Crippen molar-refractivity contribution < 1.29 is 8.98 Å². The lowest BCUT2D eigenvalue weighted by molar-refractivity contribution is -0.660. The summed E-state index contributed by atoms with van der Waals surface area (Å²) in [6.45, 7) is 4.25. The Kier molecular flexibility index (Phi) is 2.76. The molecule has 3 nitrogen and oxygen atoms in total. The molecule has 0 radical (unpaired) electrons. The predicted octanol–water partition coefficient (Wildman–Crippen LogP) is 4.09. The summed E-state index contributed by atoms with van der Waals surface area (Å²) >= 11 is 0. The fourth-order valence-electron chi connectivity index (χ4n) is 3.00. The molecule has 22 heavy (non-hydrogen) atoms. The largest absolute Gasteiger partial charge is 0.454 e. The lowest BCUT2D eigenvalue weighted by atomic mass is 10.0. The highest BCUT2D eigenvalue weighted by atomic mass is 16.3. The van der Waals surface area contributed by atoms with Gasteiger partial charge in [0.2, 0.25) is 5.69 Å². The molecule has 4 rings (SSSR count). The summed E-state index contributed by atoms with van der Waals surface area (Å²) < 4.78 is 8.07. The maximum atomic E-state index is 5.91. The van der Waals surface area contributed by atoms with Gasteiger partial charge >= 0.3 is 0 Å². The zero-order valence-corrected chi connectivity index (χ0v) is 12.9. The minimum atomic E-state index is 0.836. The van der Waals surface area contributed by atoms with Crippen LogP contribution in [-0.2, 0) is 7.05 Å². The number of fused-ring (bicyclic) bond motifs is 3. The summed E-state index contributed by atoms with van der Waals surface area (Å²) in [6.07, 6.45) is 5.69. The molecule has 0 fully saturated rings. The maximum absolute atomic E-state index is 5.91. The van der Waals surface area contributed by atoms with Crippen molar-refractivity contribution >= 4 is 21.9 Å². The van der Waals surface area contributed by atoms with Crippen LogP contribution in [-0.4, -0.2) is 4.98 Å². The molecule has 0 unspecified atom stereocenters. The van der Waals surface area contributed by atoms with Crippen LogP contribution in [0, 0.1) is 13.8 Å². The Labute approximate surface area is 128 Å². The molecule has 108 valence electrons. The van der Waals surface area contributed by atoms with Crippen LogP contribution < -0.4 is 4.57 Å². The molecule has 4 aromatic rings. The van der Waals surface area contributed by atoms with E-state index in [1.54, 1.807) is 6.20 Å². The van der Waals surface area contributed by atoms with Gasteiger partial charge in [0.05, 0.1) is 6.20 Å². The number of nitrogens with zero attached hydrogens (tertiary/aromatic N) is 2. The van der Waals surface area contributed by atoms with E-state index in [1.165, 1.54) is 22.4 Å². The molecule has 0 saturated heterocycles. The predicted molar refractivity (Wildman–Crippen MR) is 87.6 cm³/mol. The third-order valence-corrected chi connectivity index (χ3v) is 4.20. The lowest BCUT2D eigenvalue weighted by Crippen LogP contribution is -2.30. The average Bonchev–Trinajstić information content (AvgIpc) is 2.86. The summed E-state index contributed by atoms with van der Waals surface area (Å²) in [7, 11) is 2.08. The number of hydrogen-bond donors (Lipinski definition) is 0. The van der Waals surface area contributed by atoms with Gasteiger partial charge in [0.1, 0.15) is 12.6 Å². The SMILES string of the molecule is Cc1cc[n+](C)c(-c2cc3c(cc2C)oc2cnccc23)c1. The van der Waals surface area contributed by atoms with E-state index in [9.17, 15) is 0 Å². The Morgan fingerprint density at radius 2 is 1.86 bits per heavy atom. The molecule has 3 aromatic heterocycles. The Balaban J connectivity index is 2.07. The second kappa shape index (κ2) is 4.67. The minimum absolute atomic E-state index is 0.836. The molecule has 0 atom stereocenters. The first kappa shape index (κ1) is 13.0. The molecule has 0 amide bonds. The second-order valence-electron chi connectivity index (χ2n) is 5.84. The van der Waals surface area contributed by atoms with Gasteiger partial charge in [-0.2, -0.15) is 0 Å². The van der Waals surface area contributed by atoms with E-state index in [2.05, 4.69) is 60.9 Å². The third kappa shape index (κ3) is 1.90. The highest BCUT2D eigenvalue weighted by Gasteiger charge is 2.16. The van der Waals surface area contributed by atoms with Gasteiger partial charge in [0.15, 0.2) is 11.8 Å². The Morgan fingerprint density at radius 3 is 2.73 bits per heavy atom. The standard InChI is InChI=1S/C19H17N2O/c1-12-5-7-21(3)17(8-12)15-10-16-14-4-6-20-11-19(14)22-18(16)9-13(15)2/h4-11H,1-3H3/q+1. The molecule has 3 heterocycles. The Hall–Kier alpha value is -2.68. The minimum Gasteiger partial charge on any atom is -0.454 e. The van der Waals surface area contributed by atoms with Crippen LogP contribution in [0.5, 0.6) is 0 Å². The fraction of sp³-hybridized carbons (Fsp3) is 0.158. The van der Waals surface area contributed by atoms with Crippen LogP contribution in [0.3, 0.4) is 0 Å². The van der Waals surface area contributed by atoms with Gasteiger partial charge in [-0.25, -0.2) is 4.57 Å². The van der Waals surface area contributed by atoms with Crippen molar-refractivity contribution in [3.8, 4) is 11.3 Å². The van der Waals surface area contributed by atoms with Crippen molar-refractivity contribution in [2.24, 2.45) is 7.05 Å². The molecule has 0 N–H and O–H groups in total. The molecule has 0 spiro atoms. The van der Waals surface area contributed by atoms with E-state index in [0.717, 1.165) is 21.9 Å². The van der Waals surface area contributed by atoms with Crippen LogP contribution in [0.1, 0.15) is 11.1 Å². The summed E-state index contributed by atoms with van der Waals surface area (Å²) in [6, 6.07) is 10.7. The topological polar surface area (TPSA) is 29.9 Å². The molecule has 0 bridgehead atoms. The number of aromatic nitrogens is 2. The summed E-state index contributed by atoms with van der Waals surface area (Å²) in [5.74, 6) is 0. The number of furan rings is 1. The monoisotopic (exact) mass is 289 g/mol. The molecule has 0 aliphatic carbocycles. The quantitative estimate of drug-likeness (QED) is 0.494. The average molecular weight is 289 g/mol. The summed E-state index contributed by atoms with van der Waals surface area (Å²) in [5, 5.41) is 2.25. The summed E-state index contributed by atoms with van der Waals surface area (Å²) in [4.78, 5) is 4.14. The van der Waals surface area contributed by atoms with Crippen LogP contribution in [0.15, 0.2) is 53.3 Å². The van der Waals surface area contributed by atoms with Crippen LogP contribution in [0.2, 0.25) is 0 Å². The van der Waals surface area contributed by atoms with E-state index in [-0.39, 0.29) is 0 Å². The van der Waals surface area contributed by atoms with Gasteiger partial charge in [-0.1, -0.05) is 0 Å². The van der Waals surface area contributed by atoms with E-state index < -0.39 is 0 Å². The molecular weight excluding hydrogens is 272 g/mol. The lowest BCUT2D eigenvalue weighted by Gasteiger charge is -2.05. The smallest absolute Gasteiger partial charge is 0.212 e. The maximum Gasteiger partial charge on any atom is 0.212 e. The molecule has 1 aromatic carbocycles. The molecular formula is C19H17N2O+. The van der Waals surface area contributed by atoms with E-state index in [0.29, 0.717) is 0 Å². The van der Waals surface area contributed by atoms with E-state index in [4.69, 9.17) is 4.42 Å². The van der Waals surface area contributed by atoms with Crippen molar-refractivity contribution in [3.63, 3.8) is 0 Å². The number of benzene rings is 1. The van der Waals surface area contributed by atoms with Crippen molar-refractivity contribution in [2.45, 2.75) is 13.8 Å². The van der Waals surface area contributed by atoms with Crippen molar-refractivity contribution in [1.82, 2.24) is 4.98 Å². The molecule has 0 aliphatic rings. The zero-order valence-electron chi connectivity index (χ0n) is 12.9. The van der Waals surface area contributed by atoms with Crippen LogP contribution >= 0.6 is 0 Å². The fourth-order valence-corrected chi connectivity index (χ4v) is 3.00. The number of rotatable bonds is 1. The Morgan fingerprint density at radius 1 is 1.00 bits per heavy atom. The van der Waals surface area contributed by atoms with Crippen molar-refractivity contribution in [3.05, 3.63) is 60.0 Å². The molecule has 0 aliphatic heterocycles. The number of aryl methyl sites for hydroxylation is 3. The Bertz CT molecular complexity index is 1010. The first-order valence-corrected chi connectivity index (χ1v) is 7.37. The summed E-state index contributed by atoms with van der Waals surface area (Å²) in [5.41, 5.74) is 6.66. The third-order valence-electron chi connectivity index (χ3n) is 4.20. The first-order chi connectivity index (χ1) is 10.6. The molecule has 0 saturated carbocycles. The zero-order chi connectivity index (χ0) is 15.3. The van der Waals surface area contributed by atoms with E-state index in [1.807, 2.05) is 12.3 Å². The van der Waals surface area contributed by atoms with Crippen LogP contribution in [0.25, 0.3) is 33.2 Å². The van der Waals surface area contributed by atoms with Gasteiger partial charge in [0.25, 0.3) is 0 Å². The number of pyridine rings is 2. The molecule has 3 heteroatoms. The van der Waals surface area contributed by atoms with Crippen LogP contribution in [0.4, 0.5) is 0 Å². The van der Waals surface area contributed by atoms with Gasteiger partial charge in [-0.05, 0) is 43.2 Å². The van der Waals surface area contributed by atoms with Gasteiger partial charge in [-0.3, -0.25) is 4.98 Å². The van der Waals surface area contributed by atoms with Gasteiger partial charge in [-0.15, -0.1) is 0 Å². The number of hydrogen-bond acceptors (Lipinski definition) is 2. The first-order valence-electron chi connectivity index (χ1n) is 7.37. The van der Waals surface area contributed by atoms with Gasteiger partial charge < -0.3 is 4.42 Å². The highest BCUT2D eigenvalue weighted by Crippen LogP contribution is 2.33. The highest BCUT2D eigenvalue weighted by molar-refractivity contribution is 6.06. The van der Waals surface area contributed by atoms with E-state index >= 15 is 0 Å². The van der Waals surface area contributed by atoms with Crippen molar-refractivity contribution in [2.75, 3.05) is 0 Å². The van der Waals surface area contributed by atoms with Gasteiger partial charge in [0, 0.05) is 34.7 Å².